The standard InChI is InChI=1S/C18H22/c1-12(2)16-10-8-14-5-4-6-15-11-13(3)7-9-17(16)18(14)15/h7-13H,4-6H2,1-3H3. The van der Waals surface area contributed by atoms with Gasteiger partial charge in [0.05, 0.1) is 0 Å². The zero-order valence-electron chi connectivity index (χ0n) is 11.7. The molecule has 94 valence electrons. The van der Waals surface area contributed by atoms with Gasteiger partial charge in [0.15, 0.2) is 0 Å². The summed E-state index contributed by atoms with van der Waals surface area (Å²) in [6, 6.07) is 4.72. The van der Waals surface area contributed by atoms with Crippen molar-refractivity contribution in [2.45, 2.75) is 46.0 Å². The van der Waals surface area contributed by atoms with Crippen LogP contribution in [0, 0.1) is 5.92 Å². The summed E-state index contributed by atoms with van der Waals surface area (Å²) in [4.78, 5) is 0. The first-order valence-corrected chi connectivity index (χ1v) is 7.22. The molecule has 1 aromatic rings. The lowest BCUT2D eigenvalue weighted by atomic mass is 9.81. The molecule has 0 heteroatoms. The lowest BCUT2D eigenvalue weighted by molar-refractivity contribution is 0.806. The van der Waals surface area contributed by atoms with Crippen molar-refractivity contribution in [2.24, 2.45) is 5.92 Å². The Hall–Kier alpha value is -1.30. The van der Waals surface area contributed by atoms with Crippen molar-refractivity contribution >= 4 is 11.6 Å². The number of aryl methyl sites for hydroxylation is 1. The van der Waals surface area contributed by atoms with Crippen molar-refractivity contribution in [3.05, 3.63) is 46.5 Å². The van der Waals surface area contributed by atoms with E-state index in [0.29, 0.717) is 11.8 Å². The molecule has 0 amide bonds. The molecule has 1 unspecified atom stereocenters. The second-order valence-electron chi connectivity index (χ2n) is 6.02. The number of hydrogen-bond acceptors (Lipinski definition) is 0. The summed E-state index contributed by atoms with van der Waals surface area (Å²) in [5.74, 6) is 1.17. The third-order valence-electron chi connectivity index (χ3n) is 4.23. The molecule has 0 fully saturated rings. The maximum absolute atomic E-state index is 2.47. The minimum absolute atomic E-state index is 0.568. The minimum Gasteiger partial charge on any atom is -0.0773 e. The van der Waals surface area contributed by atoms with Crippen LogP contribution in [0.2, 0.25) is 0 Å². The summed E-state index contributed by atoms with van der Waals surface area (Å²) in [6.45, 7) is 6.89. The molecular weight excluding hydrogens is 216 g/mol. The molecule has 2 aliphatic carbocycles. The minimum atomic E-state index is 0.568. The van der Waals surface area contributed by atoms with Crippen LogP contribution in [0.4, 0.5) is 0 Å². The molecule has 0 nitrogen and oxygen atoms in total. The van der Waals surface area contributed by atoms with Crippen molar-refractivity contribution in [2.75, 3.05) is 0 Å². The van der Waals surface area contributed by atoms with Crippen LogP contribution in [0.1, 0.15) is 61.8 Å². The van der Waals surface area contributed by atoms with Gasteiger partial charge in [-0.05, 0) is 58.9 Å². The molecular formula is C18H22. The Morgan fingerprint density at radius 3 is 2.78 bits per heavy atom. The zero-order chi connectivity index (χ0) is 12.7. The first-order valence-electron chi connectivity index (χ1n) is 7.22. The van der Waals surface area contributed by atoms with Gasteiger partial charge in [-0.3, -0.25) is 0 Å². The van der Waals surface area contributed by atoms with Gasteiger partial charge in [0, 0.05) is 0 Å². The van der Waals surface area contributed by atoms with Crippen LogP contribution < -0.4 is 0 Å². The van der Waals surface area contributed by atoms with Crippen LogP contribution >= 0.6 is 0 Å². The van der Waals surface area contributed by atoms with E-state index in [4.69, 9.17) is 0 Å². The van der Waals surface area contributed by atoms with E-state index in [2.05, 4.69) is 51.1 Å². The largest absolute Gasteiger partial charge is 0.0773 e. The van der Waals surface area contributed by atoms with Gasteiger partial charge in [-0.15, -0.1) is 0 Å². The summed E-state index contributed by atoms with van der Waals surface area (Å²) in [6.07, 6.45) is 11.0. The molecule has 0 bridgehead atoms. The Morgan fingerprint density at radius 2 is 2.00 bits per heavy atom. The number of rotatable bonds is 1. The summed E-state index contributed by atoms with van der Waals surface area (Å²) >= 11 is 0. The maximum Gasteiger partial charge on any atom is -0.00725 e. The SMILES string of the molecule is CC1C=Cc2c(C(C)C)ccc3c2C(=C1)CCC3. The van der Waals surface area contributed by atoms with E-state index < -0.39 is 0 Å². The number of benzene rings is 1. The third-order valence-corrected chi connectivity index (χ3v) is 4.23. The molecule has 2 aliphatic rings. The topological polar surface area (TPSA) is 0 Å². The molecule has 3 rings (SSSR count). The molecule has 0 saturated heterocycles. The van der Waals surface area contributed by atoms with E-state index in [1.165, 1.54) is 30.4 Å². The van der Waals surface area contributed by atoms with Crippen LogP contribution in [0.3, 0.4) is 0 Å². The van der Waals surface area contributed by atoms with E-state index in [-0.39, 0.29) is 0 Å². The van der Waals surface area contributed by atoms with Crippen LogP contribution in [0.25, 0.3) is 11.6 Å². The highest BCUT2D eigenvalue weighted by Crippen LogP contribution is 2.39. The first kappa shape index (κ1) is 11.8. The quantitative estimate of drug-likeness (QED) is 0.631. The summed E-state index contributed by atoms with van der Waals surface area (Å²) in [5, 5.41) is 0. The highest BCUT2D eigenvalue weighted by Gasteiger charge is 2.21. The molecule has 0 aromatic heterocycles. The average molecular weight is 238 g/mol. The van der Waals surface area contributed by atoms with Crippen molar-refractivity contribution in [3.8, 4) is 0 Å². The lowest BCUT2D eigenvalue weighted by Gasteiger charge is -2.24. The molecule has 0 N–H and O–H groups in total. The highest BCUT2D eigenvalue weighted by atomic mass is 14.3. The number of hydrogen-bond donors (Lipinski definition) is 0. The first-order chi connectivity index (χ1) is 8.66. The van der Waals surface area contributed by atoms with Gasteiger partial charge in [-0.2, -0.15) is 0 Å². The average Bonchev–Trinajstić information content (AvgIpc) is 2.51. The second-order valence-corrected chi connectivity index (χ2v) is 6.02. The second kappa shape index (κ2) is 4.42. The fourth-order valence-corrected chi connectivity index (χ4v) is 3.33. The van der Waals surface area contributed by atoms with Gasteiger partial charge in [-0.25, -0.2) is 0 Å². The van der Waals surface area contributed by atoms with E-state index in [1.807, 2.05) is 0 Å². The lowest BCUT2D eigenvalue weighted by Crippen LogP contribution is -2.07. The van der Waals surface area contributed by atoms with Gasteiger partial charge in [-0.1, -0.05) is 51.1 Å². The Morgan fingerprint density at radius 1 is 1.17 bits per heavy atom. The fraction of sp³-hybridized carbons (Fsp3) is 0.444. The molecule has 0 aliphatic heterocycles. The molecule has 18 heavy (non-hydrogen) atoms. The molecule has 0 saturated carbocycles. The highest BCUT2D eigenvalue weighted by molar-refractivity contribution is 5.81. The van der Waals surface area contributed by atoms with Crippen LogP contribution in [0.5, 0.6) is 0 Å². The Kier molecular flexibility index (Phi) is 2.89. The molecule has 0 spiro atoms. The Balaban J connectivity index is 2.29. The molecule has 1 aromatic carbocycles. The third kappa shape index (κ3) is 1.84. The summed E-state index contributed by atoms with van der Waals surface area (Å²) in [5.41, 5.74) is 7.72. The predicted octanol–water partition coefficient (Wildman–Crippen LogP) is 5.19. The summed E-state index contributed by atoms with van der Waals surface area (Å²) < 4.78 is 0. The van der Waals surface area contributed by atoms with Gasteiger partial charge >= 0.3 is 0 Å². The van der Waals surface area contributed by atoms with Crippen LogP contribution in [-0.4, -0.2) is 0 Å². The van der Waals surface area contributed by atoms with Gasteiger partial charge in [0.25, 0.3) is 0 Å². The van der Waals surface area contributed by atoms with Crippen LogP contribution in [-0.2, 0) is 6.42 Å². The fourth-order valence-electron chi connectivity index (χ4n) is 3.33. The van der Waals surface area contributed by atoms with Crippen molar-refractivity contribution in [1.29, 1.82) is 0 Å². The van der Waals surface area contributed by atoms with Crippen LogP contribution in [0.15, 0.2) is 24.3 Å². The smallest absolute Gasteiger partial charge is 0.00725 e. The van der Waals surface area contributed by atoms with Crippen molar-refractivity contribution in [1.82, 2.24) is 0 Å². The van der Waals surface area contributed by atoms with E-state index in [9.17, 15) is 0 Å². The van der Waals surface area contributed by atoms with Gasteiger partial charge < -0.3 is 0 Å². The van der Waals surface area contributed by atoms with Crippen molar-refractivity contribution < 1.29 is 0 Å². The molecule has 0 heterocycles. The number of allylic oxidation sites excluding steroid dienone is 3. The van der Waals surface area contributed by atoms with Gasteiger partial charge in [0.1, 0.15) is 0 Å². The van der Waals surface area contributed by atoms with E-state index in [1.54, 1.807) is 16.7 Å². The molecule has 1 atom stereocenters. The van der Waals surface area contributed by atoms with Crippen molar-refractivity contribution in [3.63, 3.8) is 0 Å². The Labute approximate surface area is 110 Å². The van der Waals surface area contributed by atoms with E-state index in [0.717, 1.165) is 0 Å². The predicted molar refractivity (Wildman–Crippen MR) is 79.6 cm³/mol. The normalized spacial score (nSPS) is 21.6. The Bertz CT molecular complexity index is 529. The zero-order valence-corrected chi connectivity index (χ0v) is 11.7. The van der Waals surface area contributed by atoms with Gasteiger partial charge in [0.2, 0.25) is 0 Å². The maximum atomic E-state index is 2.47. The molecule has 0 radical (unpaired) electrons. The summed E-state index contributed by atoms with van der Waals surface area (Å²) in [7, 11) is 0. The van der Waals surface area contributed by atoms with E-state index >= 15 is 0 Å². The monoisotopic (exact) mass is 238 g/mol.